The standard InChI is InChI=1S/C18H22N2/c1-14(17-7-4-8-18(19)13-17)20-11-9-15-5-2-3-6-16(15)10-12-20/h2-8,13-14H,9-12,19H2,1H3. The van der Waals surface area contributed by atoms with Crippen LogP contribution in [-0.4, -0.2) is 18.0 Å². The quantitative estimate of drug-likeness (QED) is 0.844. The van der Waals surface area contributed by atoms with Crippen molar-refractivity contribution in [2.75, 3.05) is 18.8 Å². The van der Waals surface area contributed by atoms with Crippen molar-refractivity contribution in [3.05, 3.63) is 65.2 Å². The summed E-state index contributed by atoms with van der Waals surface area (Å²) in [6.07, 6.45) is 2.28. The number of anilines is 1. The fourth-order valence-electron chi connectivity index (χ4n) is 3.10. The SMILES string of the molecule is CC(c1cccc(N)c1)N1CCc2ccccc2CC1. The van der Waals surface area contributed by atoms with Gasteiger partial charge in [-0.2, -0.15) is 0 Å². The summed E-state index contributed by atoms with van der Waals surface area (Å²) in [6.45, 7) is 4.52. The molecular formula is C18H22N2. The number of nitrogen functional groups attached to an aromatic ring is 1. The van der Waals surface area contributed by atoms with Crippen LogP contribution in [0.5, 0.6) is 0 Å². The summed E-state index contributed by atoms with van der Waals surface area (Å²) in [6, 6.07) is 17.5. The summed E-state index contributed by atoms with van der Waals surface area (Å²) in [4.78, 5) is 2.56. The Labute approximate surface area is 121 Å². The fraction of sp³-hybridized carbons (Fsp3) is 0.333. The van der Waals surface area contributed by atoms with Crippen LogP contribution in [-0.2, 0) is 12.8 Å². The van der Waals surface area contributed by atoms with Crippen molar-refractivity contribution in [3.8, 4) is 0 Å². The largest absolute Gasteiger partial charge is 0.399 e. The Morgan fingerprint density at radius 1 is 0.950 bits per heavy atom. The fourth-order valence-corrected chi connectivity index (χ4v) is 3.10. The van der Waals surface area contributed by atoms with Crippen LogP contribution >= 0.6 is 0 Å². The third-order valence-corrected chi connectivity index (χ3v) is 4.40. The molecule has 0 saturated heterocycles. The lowest BCUT2D eigenvalue weighted by Crippen LogP contribution is -2.29. The van der Waals surface area contributed by atoms with Crippen LogP contribution in [0.1, 0.15) is 29.7 Å². The summed E-state index contributed by atoms with van der Waals surface area (Å²) in [7, 11) is 0. The zero-order valence-electron chi connectivity index (χ0n) is 12.0. The molecule has 1 atom stereocenters. The van der Waals surface area contributed by atoms with Gasteiger partial charge in [0.2, 0.25) is 0 Å². The maximum atomic E-state index is 5.91. The Morgan fingerprint density at radius 3 is 2.20 bits per heavy atom. The van der Waals surface area contributed by atoms with E-state index in [1.807, 2.05) is 12.1 Å². The molecule has 1 aliphatic rings. The number of nitrogens with two attached hydrogens (primary N) is 1. The molecule has 0 amide bonds. The van der Waals surface area contributed by atoms with Gasteiger partial charge in [-0.25, -0.2) is 0 Å². The van der Waals surface area contributed by atoms with Gasteiger partial charge in [0.25, 0.3) is 0 Å². The molecule has 0 aromatic heterocycles. The van der Waals surface area contributed by atoms with Crippen LogP contribution < -0.4 is 5.73 Å². The summed E-state index contributed by atoms with van der Waals surface area (Å²) in [5.74, 6) is 0. The molecule has 20 heavy (non-hydrogen) atoms. The van der Waals surface area contributed by atoms with Crippen molar-refractivity contribution in [2.45, 2.75) is 25.8 Å². The van der Waals surface area contributed by atoms with Crippen molar-refractivity contribution < 1.29 is 0 Å². The molecule has 0 saturated carbocycles. The van der Waals surface area contributed by atoms with Crippen LogP contribution in [0, 0.1) is 0 Å². The number of rotatable bonds is 2. The number of benzene rings is 2. The zero-order chi connectivity index (χ0) is 13.9. The second-order valence-electron chi connectivity index (χ2n) is 5.65. The first-order valence-electron chi connectivity index (χ1n) is 7.40. The molecule has 1 unspecified atom stereocenters. The number of nitrogens with zero attached hydrogens (tertiary/aromatic N) is 1. The van der Waals surface area contributed by atoms with E-state index in [9.17, 15) is 0 Å². The predicted molar refractivity (Wildman–Crippen MR) is 84.7 cm³/mol. The predicted octanol–water partition coefficient (Wildman–Crippen LogP) is 3.43. The van der Waals surface area contributed by atoms with Gasteiger partial charge >= 0.3 is 0 Å². The Hall–Kier alpha value is -1.80. The van der Waals surface area contributed by atoms with Crippen LogP contribution in [0.25, 0.3) is 0 Å². The number of hydrogen-bond donors (Lipinski definition) is 1. The minimum Gasteiger partial charge on any atom is -0.399 e. The molecule has 2 nitrogen and oxygen atoms in total. The summed E-state index contributed by atoms with van der Waals surface area (Å²) >= 11 is 0. The molecule has 0 radical (unpaired) electrons. The Balaban J connectivity index is 1.76. The molecule has 0 aliphatic carbocycles. The lowest BCUT2D eigenvalue weighted by molar-refractivity contribution is 0.221. The highest BCUT2D eigenvalue weighted by Gasteiger charge is 2.19. The number of hydrogen-bond acceptors (Lipinski definition) is 2. The van der Waals surface area contributed by atoms with Gasteiger partial charge in [0, 0.05) is 24.8 Å². The van der Waals surface area contributed by atoms with Crippen molar-refractivity contribution in [1.29, 1.82) is 0 Å². The smallest absolute Gasteiger partial charge is 0.0320 e. The van der Waals surface area contributed by atoms with E-state index in [0.29, 0.717) is 6.04 Å². The first-order valence-corrected chi connectivity index (χ1v) is 7.40. The molecule has 2 aromatic rings. The molecule has 0 bridgehead atoms. The van der Waals surface area contributed by atoms with E-state index in [0.717, 1.165) is 31.6 Å². The highest BCUT2D eigenvalue weighted by molar-refractivity contribution is 5.41. The molecule has 2 aromatic carbocycles. The van der Waals surface area contributed by atoms with Crippen molar-refractivity contribution >= 4 is 5.69 Å². The first-order chi connectivity index (χ1) is 9.74. The monoisotopic (exact) mass is 266 g/mol. The normalized spacial score (nSPS) is 17.2. The van der Waals surface area contributed by atoms with E-state index >= 15 is 0 Å². The lowest BCUT2D eigenvalue weighted by Gasteiger charge is -2.28. The van der Waals surface area contributed by atoms with Gasteiger partial charge in [0.05, 0.1) is 0 Å². The highest BCUT2D eigenvalue weighted by Crippen LogP contribution is 2.25. The minimum atomic E-state index is 0.424. The third kappa shape index (κ3) is 2.70. The van der Waals surface area contributed by atoms with Gasteiger partial charge in [0.1, 0.15) is 0 Å². The van der Waals surface area contributed by atoms with E-state index in [-0.39, 0.29) is 0 Å². The van der Waals surface area contributed by atoms with Crippen LogP contribution in [0.15, 0.2) is 48.5 Å². The highest BCUT2D eigenvalue weighted by atomic mass is 15.1. The van der Waals surface area contributed by atoms with E-state index in [2.05, 4.69) is 48.2 Å². The molecule has 2 N–H and O–H groups in total. The van der Waals surface area contributed by atoms with Crippen molar-refractivity contribution in [1.82, 2.24) is 4.90 Å². The molecular weight excluding hydrogens is 244 g/mol. The first kappa shape index (κ1) is 13.2. The van der Waals surface area contributed by atoms with Crippen LogP contribution in [0.3, 0.4) is 0 Å². The molecule has 1 heterocycles. The topological polar surface area (TPSA) is 29.3 Å². The Kier molecular flexibility index (Phi) is 3.75. The Morgan fingerprint density at radius 2 is 1.60 bits per heavy atom. The third-order valence-electron chi connectivity index (χ3n) is 4.40. The molecule has 0 fully saturated rings. The van der Waals surface area contributed by atoms with Gasteiger partial charge < -0.3 is 5.73 Å². The lowest BCUT2D eigenvalue weighted by atomic mass is 10.0. The maximum Gasteiger partial charge on any atom is 0.0320 e. The van der Waals surface area contributed by atoms with E-state index in [1.165, 1.54) is 16.7 Å². The van der Waals surface area contributed by atoms with E-state index < -0.39 is 0 Å². The van der Waals surface area contributed by atoms with Crippen LogP contribution in [0.2, 0.25) is 0 Å². The maximum absolute atomic E-state index is 5.91. The van der Waals surface area contributed by atoms with Gasteiger partial charge in [-0.15, -0.1) is 0 Å². The average Bonchev–Trinajstić information content (AvgIpc) is 2.69. The molecule has 3 rings (SSSR count). The Bertz CT molecular complexity index is 564. The number of fused-ring (bicyclic) bond motifs is 1. The van der Waals surface area contributed by atoms with Crippen molar-refractivity contribution in [3.63, 3.8) is 0 Å². The van der Waals surface area contributed by atoms with Gasteiger partial charge in [-0.05, 0) is 48.6 Å². The van der Waals surface area contributed by atoms with Gasteiger partial charge in [-0.3, -0.25) is 4.90 Å². The zero-order valence-corrected chi connectivity index (χ0v) is 12.0. The molecule has 0 spiro atoms. The molecule has 2 heteroatoms. The minimum absolute atomic E-state index is 0.424. The van der Waals surface area contributed by atoms with Crippen LogP contribution in [0.4, 0.5) is 5.69 Å². The summed E-state index contributed by atoms with van der Waals surface area (Å²) in [5, 5.41) is 0. The van der Waals surface area contributed by atoms with E-state index in [4.69, 9.17) is 5.73 Å². The average molecular weight is 266 g/mol. The van der Waals surface area contributed by atoms with Gasteiger partial charge in [-0.1, -0.05) is 36.4 Å². The van der Waals surface area contributed by atoms with Gasteiger partial charge in [0.15, 0.2) is 0 Å². The summed E-state index contributed by atoms with van der Waals surface area (Å²) in [5.41, 5.74) is 11.1. The van der Waals surface area contributed by atoms with E-state index in [1.54, 1.807) is 0 Å². The molecule has 1 aliphatic heterocycles. The summed E-state index contributed by atoms with van der Waals surface area (Å²) < 4.78 is 0. The second-order valence-corrected chi connectivity index (χ2v) is 5.65. The second kappa shape index (κ2) is 5.68. The van der Waals surface area contributed by atoms with Crippen molar-refractivity contribution in [2.24, 2.45) is 0 Å². The molecule has 104 valence electrons.